The van der Waals surface area contributed by atoms with Gasteiger partial charge >= 0.3 is 0 Å². The zero-order chi connectivity index (χ0) is 46.6. The van der Waals surface area contributed by atoms with E-state index in [1.54, 1.807) is 0 Å². The lowest BCUT2D eigenvalue weighted by Gasteiger charge is -2.15. The molecule has 11 aromatic carbocycles. The van der Waals surface area contributed by atoms with Crippen LogP contribution in [0.2, 0.25) is 0 Å². The summed E-state index contributed by atoms with van der Waals surface area (Å²) in [7, 11) is 0. The molecule has 0 fully saturated rings. The lowest BCUT2D eigenvalue weighted by atomic mass is 9.94. The molecule has 0 aliphatic rings. The number of furan rings is 2. The summed E-state index contributed by atoms with van der Waals surface area (Å²) < 4.78 is 15.2. The molecular weight excluding hydrogens is 869 g/mol. The number of nitrogens with zero attached hydrogens (tertiary/aromatic N) is 4. The Bertz CT molecular complexity index is 4660. The van der Waals surface area contributed by atoms with Crippen LogP contribution in [0.25, 0.3) is 149 Å². The molecule has 330 valence electrons. The highest BCUT2D eigenvalue weighted by atomic mass is 16.3. The molecule has 0 bridgehead atoms. The molecule has 6 nitrogen and oxygen atoms in total. The number of para-hydroxylation sites is 3. The Kier molecular flexibility index (Phi) is 8.56. The minimum absolute atomic E-state index is 0.567. The van der Waals surface area contributed by atoms with Crippen molar-refractivity contribution in [1.29, 1.82) is 0 Å². The first-order chi connectivity index (χ1) is 35.2. The van der Waals surface area contributed by atoms with Crippen molar-refractivity contribution in [3.05, 3.63) is 231 Å². The molecule has 0 aliphatic heterocycles. The van der Waals surface area contributed by atoms with Crippen molar-refractivity contribution < 1.29 is 8.83 Å². The van der Waals surface area contributed by atoms with Crippen molar-refractivity contribution in [3.63, 3.8) is 0 Å². The summed E-state index contributed by atoms with van der Waals surface area (Å²) in [5.41, 5.74) is 13.8. The maximum atomic E-state index is 6.36. The van der Waals surface area contributed by atoms with Crippen LogP contribution >= 0.6 is 0 Å². The Morgan fingerprint density at radius 1 is 0.268 bits per heavy atom. The lowest BCUT2D eigenvalue weighted by molar-refractivity contribution is 0.668. The third-order valence-electron chi connectivity index (χ3n) is 14.2. The summed E-state index contributed by atoms with van der Waals surface area (Å²) in [6.45, 7) is 0. The van der Waals surface area contributed by atoms with Crippen molar-refractivity contribution in [1.82, 2.24) is 19.5 Å². The van der Waals surface area contributed by atoms with Gasteiger partial charge < -0.3 is 13.4 Å². The van der Waals surface area contributed by atoms with Crippen LogP contribution in [0.3, 0.4) is 0 Å². The molecule has 0 aliphatic carbocycles. The van der Waals surface area contributed by atoms with E-state index < -0.39 is 0 Å². The Morgan fingerprint density at radius 2 is 0.775 bits per heavy atom. The third-order valence-corrected chi connectivity index (χ3v) is 14.2. The minimum Gasteiger partial charge on any atom is -0.456 e. The first-order valence-corrected chi connectivity index (χ1v) is 23.9. The van der Waals surface area contributed by atoms with Gasteiger partial charge in [-0.3, -0.25) is 0 Å². The van der Waals surface area contributed by atoms with Crippen LogP contribution in [0.5, 0.6) is 0 Å². The molecule has 71 heavy (non-hydrogen) atoms. The predicted molar refractivity (Wildman–Crippen MR) is 291 cm³/mol. The van der Waals surface area contributed by atoms with Crippen LogP contribution in [0, 0.1) is 0 Å². The highest BCUT2D eigenvalue weighted by molar-refractivity contribution is 6.33. The molecule has 15 aromatic rings. The number of aromatic nitrogens is 4. The van der Waals surface area contributed by atoms with Crippen LogP contribution in [-0.2, 0) is 0 Å². The van der Waals surface area contributed by atoms with Gasteiger partial charge in [-0.25, -0.2) is 15.0 Å². The molecule has 6 heteroatoms. The van der Waals surface area contributed by atoms with E-state index in [2.05, 4.69) is 168 Å². The smallest absolute Gasteiger partial charge is 0.164 e. The first kappa shape index (κ1) is 39.4. The van der Waals surface area contributed by atoms with Gasteiger partial charge in [0.2, 0.25) is 0 Å². The molecule has 0 spiro atoms. The van der Waals surface area contributed by atoms with E-state index in [0.717, 1.165) is 99.5 Å². The number of hydrogen-bond donors (Lipinski definition) is 0. The van der Waals surface area contributed by atoms with Crippen LogP contribution in [0.1, 0.15) is 0 Å². The van der Waals surface area contributed by atoms with Gasteiger partial charge in [0.1, 0.15) is 22.3 Å². The second kappa shape index (κ2) is 15.4. The molecule has 0 saturated heterocycles. The molecular formula is C65H38N4O2. The van der Waals surface area contributed by atoms with Gasteiger partial charge in [0.05, 0.1) is 11.0 Å². The van der Waals surface area contributed by atoms with Crippen molar-refractivity contribution in [2.45, 2.75) is 0 Å². The molecule has 0 radical (unpaired) electrons. The fourth-order valence-electron chi connectivity index (χ4n) is 11.1. The molecule has 0 amide bonds. The quantitative estimate of drug-likeness (QED) is 0.155. The number of fused-ring (bicyclic) bond motifs is 14. The highest BCUT2D eigenvalue weighted by Gasteiger charge is 2.23. The van der Waals surface area contributed by atoms with Gasteiger partial charge in [-0.1, -0.05) is 182 Å². The van der Waals surface area contributed by atoms with Crippen LogP contribution in [0.15, 0.2) is 239 Å². The first-order valence-electron chi connectivity index (χ1n) is 23.9. The van der Waals surface area contributed by atoms with E-state index in [4.69, 9.17) is 23.8 Å². The van der Waals surface area contributed by atoms with Gasteiger partial charge in [-0.15, -0.1) is 0 Å². The van der Waals surface area contributed by atoms with Crippen molar-refractivity contribution in [2.75, 3.05) is 0 Å². The van der Waals surface area contributed by atoms with E-state index in [9.17, 15) is 0 Å². The predicted octanol–water partition coefficient (Wildman–Crippen LogP) is 17.4. The normalized spacial score (nSPS) is 11.9. The van der Waals surface area contributed by atoms with Gasteiger partial charge in [-0.05, 0) is 81.4 Å². The molecule has 0 N–H and O–H groups in total. The molecule has 15 rings (SSSR count). The second-order valence-electron chi connectivity index (χ2n) is 18.2. The van der Waals surface area contributed by atoms with Crippen LogP contribution in [-0.4, -0.2) is 19.5 Å². The monoisotopic (exact) mass is 906 g/mol. The van der Waals surface area contributed by atoms with Gasteiger partial charge in [-0.2, -0.15) is 0 Å². The van der Waals surface area contributed by atoms with Crippen LogP contribution in [0.4, 0.5) is 0 Å². The molecule has 0 saturated carbocycles. The fraction of sp³-hybridized carbons (Fsp3) is 0. The third kappa shape index (κ3) is 6.11. The topological polar surface area (TPSA) is 69.9 Å². The zero-order valence-corrected chi connectivity index (χ0v) is 38.0. The summed E-state index contributed by atoms with van der Waals surface area (Å²) in [6.07, 6.45) is 0. The maximum Gasteiger partial charge on any atom is 0.164 e. The van der Waals surface area contributed by atoms with E-state index >= 15 is 0 Å². The summed E-state index contributed by atoms with van der Waals surface area (Å²) in [5.74, 6) is 1.74. The summed E-state index contributed by atoms with van der Waals surface area (Å²) >= 11 is 0. The minimum atomic E-state index is 0.567. The molecule has 4 aromatic heterocycles. The van der Waals surface area contributed by atoms with Crippen molar-refractivity contribution in [3.8, 4) is 62.1 Å². The SMILES string of the molecule is c1ccc(-c2nc(-c3cccc(-n4c5c(-c6cccc(-c7cccc8oc9ccccc9c78)c6)cccc5c5c6ccccc6c6ccccc6c54)c3)nc(-c3ccc4c(c3)oc3ccccc34)n2)cc1. The zero-order valence-electron chi connectivity index (χ0n) is 38.0. The Balaban J connectivity index is 0.978. The Hall–Kier alpha value is -9.65. The second-order valence-corrected chi connectivity index (χ2v) is 18.2. The van der Waals surface area contributed by atoms with Crippen molar-refractivity contribution >= 4 is 87.2 Å². The summed E-state index contributed by atoms with van der Waals surface area (Å²) in [4.78, 5) is 15.6. The summed E-state index contributed by atoms with van der Waals surface area (Å²) in [6, 6.07) is 81.2. The number of hydrogen-bond acceptors (Lipinski definition) is 5. The van der Waals surface area contributed by atoms with Crippen molar-refractivity contribution in [2.24, 2.45) is 0 Å². The molecule has 4 heterocycles. The van der Waals surface area contributed by atoms with Gasteiger partial charge in [0.25, 0.3) is 0 Å². The van der Waals surface area contributed by atoms with E-state index in [0.29, 0.717) is 17.5 Å². The number of rotatable bonds is 6. The lowest BCUT2D eigenvalue weighted by Crippen LogP contribution is -2.01. The Morgan fingerprint density at radius 3 is 1.58 bits per heavy atom. The number of benzene rings is 11. The molecule has 0 unspecified atom stereocenters. The average molecular weight is 907 g/mol. The van der Waals surface area contributed by atoms with E-state index in [-0.39, 0.29) is 0 Å². The van der Waals surface area contributed by atoms with E-state index in [1.165, 1.54) is 32.3 Å². The highest BCUT2D eigenvalue weighted by Crippen LogP contribution is 2.46. The maximum absolute atomic E-state index is 6.36. The largest absolute Gasteiger partial charge is 0.456 e. The molecule has 0 atom stereocenters. The van der Waals surface area contributed by atoms with Crippen LogP contribution < -0.4 is 0 Å². The van der Waals surface area contributed by atoms with Gasteiger partial charge in [0.15, 0.2) is 17.5 Å². The Labute approximate surface area is 406 Å². The fourth-order valence-corrected chi connectivity index (χ4v) is 11.1. The van der Waals surface area contributed by atoms with E-state index in [1.807, 2.05) is 66.7 Å². The van der Waals surface area contributed by atoms with Gasteiger partial charge in [0, 0.05) is 65.6 Å². The standard InChI is InChI=1S/C65H38N4O2/c1-2-16-39(17-3-1)63-66-64(68-65(67-63)43-34-35-50-49-24-8-10-31-55(49)71-58(50)38-43)42-20-13-21-44(37-42)69-61-46(29-14-30-54(61)60-51-25-6-4-22-47(51)48-23-5-7-26-52(48)62(60)69)41-19-12-18-40(36-41)45-28-15-33-57-59(45)53-27-9-11-32-56(53)70-57/h1-38H. The summed E-state index contributed by atoms with van der Waals surface area (Å²) in [5, 5.41) is 11.6. The average Bonchev–Trinajstić information content (AvgIpc) is 4.13.